The van der Waals surface area contributed by atoms with Gasteiger partial charge in [0.15, 0.2) is 0 Å². The van der Waals surface area contributed by atoms with Gasteiger partial charge in [-0.15, -0.1) is 0 Å². The third kappa shape index (κ3) is 4.90. The van der Waals surface area contributed by atoms with Crippen LogP contribution in [0.1, 0.15) is 12.8 Å². The van der Waals surface area contributed by atoms with Crippen molar-refractivity contribution >= 4 is 8.80 Å². The Labute approximate surface area is 98.3 Å². The number of hydrogen-bond donors (Lipinski definition) is 0. The van der Waals surface area contributed by atoms with Crippen molar-refractivity contribution < 1.29 is 22.8 Å². The van der Waals surface area contributed by atoms with Crippen LogP contribution in [0.15, 0.2) is 0 Å². The monoisotopic (exact) mass is 250 g/mol. The molecule has 0 saturated carbocycles. The molecule has 1 aliphatic rings. The van der Waals surface area contributed by atoms with Gasteiger partial charge in [-0.2, -0.15) is 0 Å². The minimum Gasteiger partial charge on any atom is -0.385 e. The van der Waals surface area contributed by atoms with E-state index in [-0.39, 0.29) is 0 Å². The van der Waals surface area contributed by atoms with E-state index in [0.717, 1.165) is 25.5 Å². The summed E-state index contributed by atoms with van der Waals surface area (Å²) in [5.74, 6) is 0. The van der Waals surface area contributed by atoms with Crippen LogP contribution in [0, 0.1) is 0 Å². The molecule has 1 fully saturated rings. The largest absolute Gasteiger partial charge is 0.500 e. The third-order valence-electron chi connectivity index (χ3n) is 2.62. The van der Waals surface area contributed by atoms with Crippen molar-refractivity contribution in [2.75, 3.05) is 41.2 Å². The van der Waals surface area contributed by atoms with Gasteiger partial charge in [-0.3, -0.25) is 0 Å². The maximum Gasteiger partial charge on any atom is 0.500 e. The summed E-state index contributed by atoms with van der Waals surface area (Å²) in [6, 6.07) is 0.791. The van der Waals surface area contributed by atoms with Crippen LogP contribution in [0.3, 0.4) is 0 Å². The quantitative estimate of drug-likeness (QED) is 0.330. The fourth-order valence-corrected chi connectivity index (χ4v) is 3.45. The van der Waals surface area contributed by atoms with Crippen molar-refractivity contribution in [2.45, 2.75) is 25.0 Å². The molecular weight excluding hydrogens is 228 g/mol. The Kier molecular flexibility index (Phi) is 6.48. The van der Waals surface area contributed by atoms with Crippen molar-refractivity contribution in [3.05, 3.63) is 0 Å². The summed E-state index contributed by atoms with van der Waals surface area (Å²) in [5.41, 5.74) is 0. The van der Waals surface area contributed by atoms with Gasteiger partial charge in [0.2, 0.25) is 0 Å². The van der Waals surface area contributed by atoms with Crippen molar-refractivity contribution in [2.24, 2.45) is 0 Å². The van der Waals surface area contributed by atoms with Crippen LogP contribution < -0.4 is 0 Å². The van der Waals surface area contributed by atoms with E-state index < -0.39 is 8.80 Å². The fraction of sp³-hybridized carbons (Fsp3) is 1.00. The molecule has 1 rings (SSSR count). The summed E-state index contributed by atoms with van der Waals surface area (Å²) in [7, 11) is 2.53. The van der Waals surface area contributed by atoms with Crippen LogP contribution >= 0.6 is 0 Å². The van der Waals surface area contributed by atoms with Crippen LogP contribution in [0.4, 0.5) is 0 Å². The molecule has 1 aliphatic heterocycles. The summed E-state index contributed by atoms with van der Waals surface area (Å²) in [5, 5.41) is 0. The van der Waals surface area contributed by atoms with Gasteiger partial charge in [-0.1, -0.05) is 0 Å². The summed E-state index contributed by atoms with van der Waals surface area (Å²) >= 11 is 0. The minimum atomic E-state index is -2.46. The molecule has 0 amide bonds. The lowest BCUT2D eigenvalue weighted by molar-refractivity contribution is 0.0907. The zero-order chi connectivity index (χ0) is 11.9. The Balaban J connectivity index is 2.23. The standard InChI is InChI=1S/C10H22O5Si/c1-11-6-4-8-16(12-2,13-3)15-7-5-10-9-14-10/h10H,4-9H2,1-3H3. The molecule has 0 aromatic rings. The summed E-state index contributed by atoms with van der Waals surface area (Å²) in [6.07, 6.45) is 2.20. The van der Waals surface area contributed by atoms with Gasteiger partial charge in [0, 0.05) is 40.6 Å². The molecule has 1 heterocycles. The molecule has 0 spiro atoms. The van der Waals surface area contributed by atoms with E-state index in [1.165, 1.54) is 0 Å². The number of methoxy groups -OCH3 is 1. The molecule has 5 nitrogen and oxygen atoms in total. The Morgan fingerprint density at radius 1 is 1.19 bits per heavy atom. The van der Waals surface area contributed by atoms with Gasteiger partial charge in [0.05, 0.1) is 12.7 Å². The van der Waals surface area contributed by atoms with E-state index in [1.807, 2.05) is 0 Å². The fourth-order valence-electron chi connectivity index (χ4n) is 1.49. The second kappa shape index (κ2) is 7.36. The highest BCUT2D eigenvalue weighted by Gasteiger charge is 2.38. The second-order valence-electron chi connectivity index (χ2n) is 3.78. The molecular formula is C10H22O5Si. The summed E-state index contributed by atoms with van der Waals surface area (Å²) in [6.45, 7) is 2.21. The highest BCUT2D eigenvalue weighted by Crippen LogP contribution is 2.19. The molecule has 1 unspecified atom stereocenters. The van der Waals surface area contributed by atoms with Gasteiger partial charge in [0.1, 0.15) is 0 Å². The first-order valence-corrected chi connectivity index (χ1v) is 7.54. The topological polar surface area (TPSA) is 49.5 Å². The normalized spacial score (nSPS) is 20.1. The summed E-state index contributed by atoms with van der Waals surface area (Å²) < 4.78 is 26.8. The first-order chi connectivity index (χ1) is 7.76. The Morgan fingerprint density at radius 3 is 2.38 bits per heavy atom. The molecule has 0 aliphatic carbocycles. The highest BCUT2D eigenvalue weighted by molar-refractivity contribution is 6.60. The van der Waals surface area contributed by atoms with Gasteiger partial charge in [0.25, 0.3) is 0 Å². The van der Waals surface area contributed by atoms with Crippen LogP contribution in [-0.2, 0) is 22.8 Å². The number of hydrogen-bond acceptors (Lipinski definition) is 5. The Morgan fingerprint density at radius 2 is 1.88 bits per heavy atom. The second-order valence-corrected chi connectivity index (χ2v) is 6.75. The van der Waals surface area contributed by atoms with Crippen LogP contribution in [0.25, 0.3) is 0 Å². The average Bonchev–Trinajstić information content (AvgIpc) is 3.11. The molecule has 96 valence electrons. The first kappa shape index (κ1) is 14.1. The van der Waals surface area contributed by atoms with Crippen molar-refractivity contribution in [3.8, 4) is 0 Å². The van der Waals surface area contributed by atoms with Crippen LogP contribution in [0.2, 0.25) is 6.04 Å². The molecule has 0 aromatic carbocycles. The third-order valence-corrected chi connectivity index (χ3v) is 5.47. The highest BCUT2D eigenvalue weighted by atomic mass is 28.4. The lowest BCUT2D eigenvalue weighted by atomic mass is 10.4. The van der Waals surface area contributed by atoms with E-state index in [4.69, 9.17) is 22.8 Å². The van der Waals surface area contributed by atoms with E-state index in [9.17, 15) is 0 Å². The molecule has 6 heteroatoms. The smallest absolute Gasteiger partial charge is 0.385 e. The molecule has 0 N–H and O–H groups in total. The maximum atomic E-state index is 5.78. The first-order valence-electron chi connectivity index (χ1n) is 5.61. The lowest BCUT2D eigenvalue weighted by Crippen LogP contribution is -2.44. The Bertz CT molecular complexity index is 182. The zero-order valence-electron chi connectivity index (χ0n) is 10.4. The van der Waals surface area contributed by atoms with Crippen LogP contribution in [-0.4, -0.2) is 56.1 Å². The molecule has 0 bridgehead atoms. The summed E-state index contributed by atoms with van der Waals surface area (Å²) in [4.78, 5) is 0. The van der Waals surface area contributed by atoms with Gasteiger partial charge in [-0.05, 0) is 12.8 Å². The molecule has 1 saturated heterocycles. The molecule has 0 radical (unpaired) electrons. The number of rotatable bonds is 10. The SMILES string of the molecule is COCCC[Si](OC)(OC)OCCC1CO1. The van der Waals surface area contributed by atoms with E-state index in [1.54, 1.807) is 21.3 Å². The molecule has 1 atom stereocenters. The van der Waals surface area contributed by atoms with Gasteiger partial charge >= 0.3 is 8.80 Å². The number of epoxide rings is 1. The van der Waals surface area contributed by atoms with E-state index in [0.29, 0.717) is 19.3 Å². The van der Waals surface area contributed by atoms with Gasteiger partial charge < -0.3 is 22.8 Å². The lowest BCUT2D eigenvalue weighted by Gasteiger charge is -2.26. The van der Waals surface area contributed by atoms with Crippen LogP contribution in [0.5, 0.6) is 0 Å². The van der Waals surface area contributed by atoms with Crippen molar-refractivity contribution in [1.82, 2.24) is 0 Å². The predicted molar refractivity (Wildman–Crippen MR) is 61.4 cm³/mol. The van der Waals surface area contributed by atoms with E-state index in [2.05, 4.69) is 0 Å². The maximum absolute atomic E-state index is 5.78. The van der Waals surface area contributed by atoms with Crippen molar-refractivity contribution in [1.29, 1.82) is 0 Å². The van der Waals surface area contributed by atoms with E-state index >= 15 is 0 Å². The predicted octanol–water partition coefficient (Wildman–Crippen LogP) is 1.06. The van der Waals surface area contributed by atoms with Crippen molar-refractivity contribution in [3.63, 3.8) is 0 Å². The molecule has 0 aromatic heterocycles. The minimum absolute atomic E-state index is 0.388. The zero-order valence-corrected chi connectivity index (χ0v) is 11.4. The van der Waals surface area contributed by atoms with Gasteiger partial charge in [-0.25, -0.2) is 0 Å². The number of ether oxygens (including phenoxy) is 2. The average molecular weight is 250 g/mol. The Hall–Kier alpha value is 0.0169. The molecule has 16 heavy (non-hydrogen) atoms.